The van der Waals surface area contributed by atoms with Gasteiger partial charge in [0.2, 0.25) is 0 Å². The third-order valence-electron chi connectivity index (χ3n) is 12.2. The zero-order valence-electron chi connectivity index (χ0n) is 33.8. The second-order valence-electron chi connectivity index (χ2n) is 15.8. The normalized spacial score (nSPS) is 18.1. The van der Waals surface area contributed by atoms with Crippen molar-refractivity contribution in [3.05, 3.63) is 181 Å². The second-order valence-corrected chi connectivity index (χ2v) is 15.8. The molecule has 2 unspecified atom stereocenters. The average Bonchev–Trinajstić information content (AvgIpc) is 3.32. The number of rotatable bonds is 6. The number of carbonyl (C=O) groups is 2. The molecule has 3 atom stereocenters. The molecule has 2 amide bonds. The largest absolute Gasteiger partial charge is 0.351 e. The molecular weight excluding hydrogens is 757 g/mol. The SMILES string of the molecule is CC1CN(c2nnc(-c3ccccc3)c3ccccc23)CCN1C(=O)c1ccccc1.O=C(c1ccccc1)N1CC2[C@H]1CN2c1nnc(-c2ccccc2)c2ccccc12. The van der Waals surface area contributed by atoms with Gasteiger partial charge in [-0.2, -0.15) is 0 Å². The van der Waals surface area contributed by atoms with Crippen LogP contribution in [0.4, 0.5) is 11.6 Å². The van der Waals surface area contributed by atoms with Crippen LogP contribution in [0.1, 0.15) is 27.6 Å². The summed E-state index contributed by atoms with van der Waals surface area (Å²) in [6.07, 6.45) is 0. The lowest BCUT2D eigenvalue weighted by atomic mass is 9.84. The molecule has 61 heavy (non-hydrogen) atoms. The summed E-state index contributed by atoms with van der Waals surface area (Å²) in [5, 5.41) is 22.9. The predicted octanol–water partition coefficient (Wildman–Crippen LogP) is 8.66. The van der Waals surface area contributed by atoms with E-state index >= 15 is 0 Å². The molecule has 3 fully saturated rings. The topological polar surface area (TPSA) is 98.7 Å². The van der Waals surface area contributed by atoms with Crippen LogP contribution in [0.2, 0.25) is 0 Å². The zero-order chi connectivity index (χ0) is 41.3. The van der Waals surface area contributed by atoms with Crippen molar-refractivity contribution in [2.24, 2.45) is 0 Å². The lowest BCUT2D eigenvalue weighted by Crippen LogP contribution is -2.80. The van der Waals surface area contributed by atoms with Gasteiger partial charge in [-0.25, -0.2) is 0 Å². The van der Waals surface area contributed by atoms with Gasteiger partial charge in [0.05, 0.1) is 12.1 Å². The maximum absolute atomic E-state index is 12.9. The first-order chi connectivity index (χ1) is 30.0. The first-order valence-corrected chi connectivity index (χ1v) is 20.9. The van der Waals surface area contributed by atoms with Crippen LogP contribution in [0.15, 0.2) is 170 Å². The smallest absolute Gasteiger partial charge is 0.254 e. The predicted molar refractivity (Wildman–Crippen MR) is 242 cm³/mol. The highest BCUT2D eigenvalue weighted by atomic mass is 16.2. The number of nitrogens with zero attached hydrogens (tertiary/aromatic N) is 8. The Labute approximate surface area is 354 Å². The Hall–Kier alpha value is -7.46. The van der Waals surface area contributed by atoms with Gasteiger partial charge in [-0.1, -0.05) is 146 Å². The molecule has 3 aliphatic rings. The molecule has 0 aliphatic carbocycles. The highest BCUT2D eigenvalue weighted by molar-refractivity contribution is 6.02. The minimum Gasteiger partial charge on any atom is -0.351 e. The number of fused-ring (bicyclic) bond motifs is 3. The van der Waals surface area contributed by atoms with E-state index in [0.717, 1.165) is 93.0 Å². The van der Waals surface area contributed by atoms with E-state index in [1.54, 1.807) is 0 Å². The molecule has 0 spiro atoms. The van der Waals surface area contributed by atoms with Crippen LogP contribution in [0.5, 0.6) is 0 Å². The van der Waals surface area contributed by atoms with Crippen LogP contribution in [0.3, 0.4) is 0 Å². The van der Waals surface area contributed by atoms with Gasteiger partial charge in [0.15, 0.2) is 11.6 Å². The van der Waals surface area contributed by atoms with E-state index < -0.39 is 0 Å². The Morgan fingerprint density at radius 2 is 0.885 bits per heavy atom. The van der Waals surface area contributed by atoms with Crippen molar-refractivity contribution in [3.8, 4) is 22.5 Å². The molecule has 0 radical (unpaired) electrons. The monoisotopic (exact) mass is 800 g/mol. The number of carbonyl (C=O) groups excluding carboxylic acids is 2. The third kappa shape index (κ3) is 7.09. The standard InChI is InChI=1S/C26H24N4O.C25H20N4O/c1-19-18-29(16-17-30(19)26(31)21-12-6-3-7-13-21)25-23-15-9-8-14-22(23)24(27-28-25)20-10-4-2-5-11-20;30-25(18-11-5-2-6-12-18)29-16-21-22(29)15-28(21)24-20-14-8-7-13-19(20)23(26-27-24)17-9-3-1-4-10-17/h2-15,19H,16-18H2,1H3;1-14,21-22H,15-16H2/t;21?,22-/m.1/s1. The summed E-state index contributed by atoms with van der Waals surface area (Å²) >= 11 is 0. The summed E-state index contributed by atoms with van der Waals surface area (Å²) in [5.41, 5.74) is 5.42. The molecule has 300 valence electrons. The quantitative estimate of drug-likeness (QED) is 0.165. The summed E-state index contributed by atoms with van der Waals surface area (Å²) in [5.74, 6) is 2.00. The molecule has 11 rings (SSSR count). The van der Waals surface area contributed by atoms with E-state index in [1.807, 2.05) is 131 Å². The molecule has 5 heterocycles. The average molecular weight is 801 g/mol. The third-order valence-corrected chi connectivity index (χ3v) is 12.2. The maximum Gasteiger partial charge on any atom is 0.254 e. The number of benzene rings is 6. The van der Waals surface area contributed by atoms with Crippen molar-refractivity contribution in [1.29, 1.82) is 0 Å². The van der Waals surface area contributed by atoms with E-state index in [2.05, 4.69) is 85.6 Å². The summed E-state index contributed by atoms with van der Waals surface area (Å²) in [6.45, 7) is 5.74. The number of anilines is 2. The molecule has 10 nitrogen and oxygen atoms in total. The molecule has 10 heteroatoms. The Kier molecular flexibility index (Phi) is 10.1. The number of hydrogen-bond acceptors (Lipinski definition) is 8. The van der Waals surface area contributed by atoms with E-state index in [0.29, 0.717) is 12.6 Å². The minimum atomic E-state index is 0.0795. The Balaban J connectivity index is 0.000000146. The van der Waals surface area contributed by atoms with Crippen molar-refractivity contribution >= 4 is 45.0 Å². The summed E-state index contributed by atoms with van der Waals surface area (Å²) in [4.78, 5) is 34.2. The fourth-order valence-corrected chi connectivity index (χ4v) is 8.92. The van der Waals surface area contributed by atoms with Gasteiger partial charge in [-0.3, -0.25) is 9.59 Å². The first kappa shape index (κ1) is 37.8. The highest BCUT2D eigenvalue weighted by Crippen LogP contribution is 2.41. The van der Waals surface area contributed by atoms with Gasteiger partial charge in [0.25, 0.3) is 11.8 Å². The lowest BCUT2D eigenvalue weighted by molar-refractivity contribution is 0.0125. The number of likely N-dealkylation sites (tertiary alicyclic amines) is 1. The number of piperazine rings is 2. The second kappa shape index (κ2) is 16.3. The molecule has 0 saturated carbocycles. The summed E-state index contributed by atoms with van der Waals surface area (Å²) in [7, 11) is 0. The van der Waals surface area contributed by atoms with Crippen LogP contribution in [-0.4, -0.2) is 92.9 Å². The van der Waals surface area contributed by atoms with Gasteiger partial charge in [-0.15, -0.1) is 20.4 Å². The fourth-order valence-electron chi connectivity index (χ4n) is 8.92. The van der Waals surface area contributed by atoms with Crippen molar-refractivity contribution < 1.29 is 9.59 Å². The molecule has 0 N–H and O–H groups in total. The van der Waals surface area contributed by atoms with Crippen molar-refractivity contribution in [1.82, 2.24) is 30.2 Å². The van der Waals surface area contributed by atoms with E-state index in [9.17, 15) is 9.59 Å². The fraction of sp³-hybridized carbons (Fsp3) is 0.176. The molecule has 0 bridgehead atoms. The maximum atomic E-state index is 12.9. The number of aromatic nitrogens is 4. The lowest BCUT2D eigenvalue weighted by Gasteiger charge is -2.62. The molecule has 3 aliphatic heterocycles. The summed E-state index contributed by atoms with van der Waals surface area (Å²) < 4.78 is 0. The van der Waals surface area contributed by atoms with E-state index in [-0.39, 0.29) is 23.9 Å². The van der Waals surface area contributed by atoms with Crippen LogP contribution in [-0.2, 0) is 0 Å². The Bertz CT molecular complexity index is 2840. The van der Waals surface area contributed by atoms with Crippen LogP contribution in [0.25, 0.3) is 44.1 Å². The molecule has 2 aromatic heterocycles. The van der Waals surface area contributed by atoms with Gasteiger partial charge < -0.3 is 19.6 Å². The Morgan fingerprint density at radius 3 is 1.38 bits per heavy atom. The minimum absolute atomic E-state index is 0.0795. The van der Waals surface area contributed by atoms with Crippen molar-refractivity contribution in [3.63, 3.8) is 0 Å². The zero-order valence-corrected chi connectivity index (χ0v) is 33.8. The summed E-state index contributed by atoms with van der Waals surface area (Å²) in [6, 6.07) is 56.6. The van der Waals surface area contributed by atoms with Crippen LogP contribution >= 0.6 is 0 Å². The molecule has 6 aromatic carbocycles. The Morgan fingerprint density at radius 1 is 0.443 bits per heavy atom. The van der Waals surface area contributed by atoms with Gasteiger partial charge in [-0.05, 0) is 31.2 Å². The molecular formula is C51H44N8O2. The first-order valence-electron chi connectivity index (χ1n) is 20.9. The van der Waals surface area contributed by atoms with E-state index in [4.69, 9.17) is 0 Å². The van der Waals surface area contributed by atoms with Gasteiger partial charge >= 0.3 is 0 Å². The van der Waals surface area contributed by atoms with Gasteiger partial charge in [0, 0.05) is 82.6 Å². The number of hydrogen-bond donors (Lipinski definition) is 0. The van der Waals surface area contributed by atoms with Crippen molar-refractivity contribution in [2.75, 3.05) is 42.5 Å². The molecule has 3 saturated heterocycles. The highest BCUT2D eigenvalue weighted by Gasteiger charge is 2.54. The molecule has 8 aromatic rings. The van der Waals surface area contributed by atoms with Crippen molar-refractivity contribution in [2.45, 2.75) is 25.0 Å². The van der Waals surface area contributed by atoms with Crippen LogP contribution in [0, 0.1) is 0 Å². The van der Waals surface area contributed by atoms with Crippen LogP contribution < -0.4 is 9.80 Å². The number of amides is 2. The van der Waals surface area contributed by atoms with E-state index in [1.165, 1.54) is 0 Å². The van der Waals surface area contributed by atoms with Gasteiger partial charge in [0.1, 0.15) is 11.4 Å².